The summed E-state index contributed by atoms with van der Waals surface area (Å²) in [5.41, 5.74) is 0. The minimum Gasteiger partial charge on any atom is -0.395 e. The predicted octanol–water partition coefficient (Wildman–Crippen LogP) is -3.97. The molecule has 0 aromatic heterocycles. The zero-order valence-electron chi connectivity index (χ0n) is 11.8. The number of hydrogen-bond donors (Lipinski definition) is 4. The van der Waals surface area contributed by atoms with Crippen molar-refractivity contribution in [1.82, 2.24) is 10.6 Å². The molecule has 130 valence electrons. The van der Waals surface area contributed by atoms with E-state index in [2.05, 4.69) is 10.6 Å². The molecule has 0 spiro atoms. The average Bonchev–Trinajstić information content (AvgIpc) is 2.33. The Balaban J connectivity index is 3.98. The maximum Gasteiger partial charge on any atom is 0.235 e. The Morgan fingerprint density at radius 1 is 0.727 bits per heavy atom. The lowest BCUT2D eigenvalue weighted by molar-refractivity contribution is -0.120. The van der Waals surface area contributed by atoms with Crippen molar-refractivity contribution >= 4 is 31.5 Å². The van der Waals surface area contributed by atoms with E-state index >= 15 is 0 Å². The quantitative estimate of drug-likeness (QED) is 0.271. The van der Waals surface area contributed by atoms with Crippen molar-refractivity contribution in [2.45, 2.75) is 0 Å². The van der Waals surface area contributed by atoms with E-state index in [0.29, 0.717) is 0 Å². The predicted molar refractivity (Wildman–Crippen MR) is 77.5 cm³/mol. The van der Waals surface area contributed by atoms with Gasteiger partial charge in [-0.2, -0.15) is 0 Å². The molecule has 22 heavy (non-hydrogen) atoms. The topological polar surface area (TPSA) is 167 Å². The number of hydrogen-bond acceptors (Lipinski definition) is 8. The zero-order chi connectivity index (χ0) is 17.2. The van der Waals surface area contributed by atoms with Gasteiger partial charge in [0, 0.05) is 13.1 Å². The molecular formula is C10H20N2O8S2. The molecule has 0 fully saturated rings. The van der Waals surface area contributed by atoms with E-state index in [4.69, 9.17) is 10.2 Å². The number of carbonyl (C=O) groups excluding carboxylic acids is 2. The maximum absolute atomic E-state index is 11.3. The number of amides is 2. The van der Waals surface area contributed by atoms with Crippen LogP contribution in [0.4, 0.5) is 0 Å². The van der Waals surface area contributed by atoms with E-state index in [9.17, 15) is 26.4 Å². The fourth-order valence-corrected chi connectivity index (χ4v) is 3.18. The van der Waals surface area contributed by atoms with Crippen LogP contribution in [0, 0.1) is 0 Å². The van der Waals surface area contributed by atoms with E-state index < -0.39 is 67.7 Å². The smallest absolute Gasteiger partial charge is 0.235 e. The first kappa shape index (κ1) is 20.8. The molecule has 0 rings (SSSR count). The molecule has 2 amide bonds. The van der Waals surface area contributed by atoms with Gasteiger partial charge in [0.2, 0.25) is 11.8 Å². The van der Waals surface area contributed by atoms with E-state index in [1.54, 1.807) is 0 Å². The maximum atomic E-state index is 11.3. The number of nitrogens with one attached hydrogen (secondary N) is 2. The lowest BCUT2D eigenvalue weighted by atomic mass is 10.5. The summed E-state index contributed by atoms with van der Waals surface area (Å²) in [7, 11) is -7.33. The Hall–Kier alpha value is -1.24. The van der Waals surface area contributed by atoms with Gasteiger partial charge in [0.1, 0.15) is 11.5 Å². The van der Waals surface area contributed by atoms with Gasteiger partial charge < -0.3 is 20.8 Å². The van der Waals surface area contributed by atoms with Gasteiger partial charge in [-0.1, -0.05) is 0 Å². The summed E-state index contributed by atoms with van der Waals surface area (Å²) >= 11 is 0. The van der Waals surface area contributed by atoms with Crippen LogP contribution in [0.5, 0.6) is 0 Å². The first-order valence-corrected chi connectivity index (χ1v) is 9.92. The van der Waals surface area contributed by atoms with E-state index in [-0.39, 0.29) is 13.1 Å². The lowest BCUT2D eigenvalue weighted by Crippen LogP contribution is -2.39. The van der Waals surface area contributed by atoms with Crippen molar-refractivity contribution < 1.29 is 36.6 Å². The number of carbonyl (C=O) groups is 2. The second kappa shape index (κ2) is 9.71. The third-order valence-electron chi connectivity index (χ3n) is 2.28. The third-order valence-corrected chi connectivity index (χ3v) is 5.29. The van der Waals surface area contributed by atoms with Gasteiger partial charge in [-0.25, -0.2) is 16.8 Å². The SMILES string of the molecule is O=C(CS(=O)(=O)CCO)NCCNC(=O)CS(=O)(=O)CCO. The molecular weight excluding hydrogens is 340 g/mol. The second-order valence-electron chi connectivity index (χ2n) is 4.33. The first-order valence-electron chi connectivity index (χ1n) is 6.28. The fourth-order valence-electron chi connectivity index (χ4n) is 1.33. The van der Waals surface area contributed by atoms with Crippen molar-refractivity contribution in [2.75, 3.05) is 49.3 Å². The van der Waals surface area contributed by atoms with Crippen LogP contribution in [0.1, 0.15) is 0 Å². The van der Waals surface area contributed by atoms with Crippen LogP contribution in [0.25, 0.3) is 0 Å². The molecule has 0 saturated carbocycles. The number of rotatable bonds is 11. The third kappa shape index (κ3) is 10.5. The standard InChI is InChI=1S/C10H20N2O8S2/c13-3-5-21(17,18)7-9(15)11-1-2-12-10(16)8-22(19,20)6-4-14/h13-14H,1-8H2,(H,11,15)(H,12,16). The van der Waals surface area contributed by atoms with Gasteiger partial charge >= 0.3 is 0 Å². The molecule has 0 aliphatic rings. The molecule has 0 unspecified atom stereocenters. The minimum atomic E-state index is -3.67. The van der Waals surface area contributed by atoms with Crippen LogP contribution in [0.2, 0.25) is 0 Å². The molecule has 0 aliphatic carbocycles. The summed E-state index contributed by atoms with van der Waals surface area (Å²) in [6.07, 6.45) is 0. The first-order chi connectivity index (χ1) is 10.1. The lowest BCUT2D eigenvalue weighted by Gasteiger charge is -2.07. The van der Waals surface area contributed by atoms with Gasteiger partial charge in [0.15, 0.2) is 19.7 Å². The highest BCUT2D eigenvalue weighted by molar-refractivity contribution is 7.92. The summed E-state index contributed by atoms with van der Waals surface area (Å²) in [5, 5.41) is 21.5. The van der Waals surface area contributed by atoms with Crippen molar-refractivity contribution in [3.05, 3.63) is 0 Å². The summed E-state index contributed by atoms with van der Waals surface area (Å²) in [6.45, 7) is -1.29. The van der Waals surface area contributed by atoms with Gasteiger partial charge in [-0.3, -0.25) is 9.59 Å². The summed E-state index contributed by atoms with van der Waals surface area (Å²) < 4.78 is 44.9. The van der Waals surface area contributed by atoms with Crippen LogP contribution in [-0.2, 0) is 29.3 Å². The van der Waals surface area contributed by atoms with Crippen LogP contribution in [-0.4, -0.2) is 88.2 Å². The van der Waals surface area contributed by atoms with Gasteiger partial charge in [0.05, 0.1) is 24.7 Å². The van der Waals surface area contributed by atoms with Gasteiger partial charge in [-0.05, 0) is 0 Å². The Morgan fingerprint density at radius 3 is 1.32 bits per heavy atom. The molecule has 0 aromatic rings. The van der Waals surface area contributed by atoms with Gasteiger partial charge in [0.25, 0.3) is 0 Å². The molecule has 0 saturated heterocycles. The van der Waals surface area contributed by atoms with E-state index in [1.807, 2.05) is 0 Å². The number of aliphatic hydroxyl groups excluding tert-OH is 2. The molecule has 0 atom stereocenters. The highest BCUT2D eigenvalue weighted by atomic mass is 32.2. The fraction of sp³-hybridized carbons (Fsp3) is 0.800. The Morgan fingerprint density at radius 2 is 1.05 bits per heavy atom. The van der Waals surface area contributed by atoms with Crippen LogP contribution in [0.15, 0.2) is 0 Å². The molecule has 10 nitrogen and oxygen atoms in total. The molecule has 4 N–H and O–H groups in total. The monoisotopic (exact) mass is 360 g/mol. The van der Waals surface area contributed by atoms with Crippen molar-refractivity contribution in [3.8, 4) is 0 Å². The van der Waals surface area contributed by atoms with Gasteiger partial charge in [-0.15, -0.1) is 0 Å². The number of sulfone groups is 2. The van der Waals surface area contributed by atoms with Crippen LogP contribution in [0.3, 0.4) is 0 Å². The van der Waals surface area contributed by atoms with Crippen molar-refractivity contribution in [3.63, 3.8) is 0 Å². The van der Waals surface area contributed by atoms with Crippen LogP contribution < -0.4 is 10.6 Å². The molecule has 0 aromatic carbocycles. The Labute approximate surface area is 128 Å². The minimum absolute atomic E-state index is 0.0702. The number of aliphatic hydroxyl groups is 2. The molecule has 0 aliphatic heterocycles. The normalized spacial score (nSPS) is 11.9. The second-order valence-corrected chi connectivity index (χ2v) is 8.70. The summed E-state index contributed by atoms with van der Waals surface area (Å²) in [4.78, 5) is 22.6. The van der Waals surface area contributed by atoms with Crippen molar-refractivity contribution in [2.24, 2.45) is 0 Å². The van der Waals surface area contributed by atoms with Crippen molar-refractivity contribution in [1.29, 1.82) is 0 Å². The highest BCUT2D eigenvalue weighted by Gasteiger charge is 2.17. The molecule has 0 bridgehead atoms. The summed E-state index contributed by atoms with van der Waals surface area (Å²) in [6, 6.07) is 0. The molecule has 0 heterocycles. The van der Waals surface area contributed by atoms with Crippen LogP contribution >= 0.6 is 0 Å². The average molecular weight is 360 g/mol. The largest absolute Gasteiger partial charge is 0.395 e. The Bertz CT molecular complexity index is 518. The highest BCUT2D eigenvalue weighted by Crippen LogP contribution is 1.90. The molecule has 12 heteroatoms. The van der Waals surface area contributed by atoms with E-state index in [0.717, 1.165) is 0 Å². The Kier molecular flexibility index (Phi) is 9.16. The summed E-state index contributed by atoms with van der Waals surface area (Å²) in [5.74, 6) is -4.13. The zero-order valence-corrected chi connectivity index (χ0v) is 13.5. The van der Waals surface area contributed by atoms with E-state index in [1.165, 1.54) is 0 Å². The molecule has 0 radical (unpaired) electrons.